The lowest BCUT2D eigenvalue weighted by atomic mass is 9.91. The number of rotatable bonds is 3. The molecule has 96 valence electrons. The van der Waals surface area contributed by atoms with Crippen molar-refractivity contribution >= 4 is 27.9 Å². The summed E-state index contributed by atoms with van der Waals surface area (Å²) in [5.74, 6) is -0.954. The van der Waals surface area contributed by atoms with Crippen LogP contribution in [0.5, 0.6) is 0 Å². The Balaban J connectivity index is 2.68. The number of piperidine rings is 1. The molecule has 1 aliphatic rings. The summed E-state index contributed by atoms with van der Waals surface area (Å²) in [5.41, 5.74) is 0. The molecule has 2 N–H and O–H groups in total. The quantitative estimate of drug-likeness (QED) is 0.835. The lowest BCUT2D eigenvalue weighted by Gasteiger charge is -2.37. The molecule has 17 heavy (non-hydrogen) atoms. The minimum Gasteiger partial charge on any atom is -0.480 e. The van der Waals surface area contributed by atoms with Crippen molar-refractivity contribution < 1.29 is 14.7 Å². The Hall–Kier alpha value is -1.04. The molecular weight excluding hydrogens is 288 g/mol. The molecule has 1 fully saturated rings. The molecule has 0 spiro atoms. The molecule has 2 amide bonds. The molecular formula is C11H17BrN2O3. The highest BCUT2D eigenvalue weighted by atomic mass is 79.9. The number of aliphatic carboxylic acids is 1. The first-order valence-electron chi connectivity index (χ1n) is 5.54. The van der Waals surface area contributed by atoms with Gasteiger partial charge in [0.05, 0.1) is 6.54 Å². The number of hydrogen-bond donors (Lipinski definition) is 2. The average molecular weight is 305 g/mol. The minimum absolute atomic E-state index is 0.0147. The molecule has 0 aromatic rings. The second-order valence-corrected chi connectivity index (χ2v) is 5.39. The third kappa shape index (κ3) is 3.73. The maximum absolute atomic E-state index is 11.9. The summed E-state index contributed by atoms with van der Waals surface area (Å²) in [5, 5.41) is 11.8. The largest absolute Gasteiger partial charge is 0.480 e. The number of likely N-dealkylation sites (tertiary alicyclic amines) is 1. The van der Waals surface area contributed by atoms with Gasteiger partial charge in [0.25, 0.3) is 0 Å². The fraction of sp³-hybridized carbons (Fsp3) is 0.636. The van der Waals surface area contributed by atoms with Crippen LogP contribution in [-0.2, 0) is 4.79 Å². The van der Waals surface area contributed by atoms with Gasteiger partial charge >= 0.3 is 12.0 Å². The second-order valence-electron chi connectivity index (χ2n) is 4.27. The third-order valence-electron chi connectivity index (χ3n) is 2.88. The summed E-state index contributed by atoms with van der Waals surface area (Å²) in [6.07, 6.45) is 1.68. The van der Waals surface area contributed by atoms with Crippen molar-refractivity contribution in [2.45, 2.75) is 25.8 Å². The Kier molecular flexibility index (Phi) is 4.99. The number of carboxylic acids is 1. The standard InChI is InChI=1S/C11H17BrN2O3/c1-7-4-3-5-14(9(7)10(15)16)11(17)13-6-8(2)12/h7,9H,2-6H2,1H3,(H,13,17)(H,15,16). The van der Waals surface area contributed by atoms with Crippen molar-refractivity contribution in [1.29, 1.82) is 0 Å². The van der Waals surface area contributed by atoms with E-state index in [-0.39, 0.29) is 11.9 Å². The van der Waals surface area contributed by atoms with Gasteiger partial charge in [-0.1, -0.05) is 29.4 Å². The van der Waals surface area contributed by atoms with E-state index < -0.39 is 12.0 Å². The second kappa shape index (κ2) is 6.05. The molecule has 2 atom stereocenters. The van der Waals surface area contributed by atoms with Crippen LogP contribution in [0.1, 0.15) is 19.8 Å². The SMILES string of the molecule is C=C(Br)CNC(=O)N1CCCC(C)C1C(=O)O. The van der Waals surface area contributed by atoms with Crippen LogP contribution in [0, 0.1) is 5.92 Å². The zero-order chi connectivity index (χ0) is 13.0. The van der Waals surface area contributed by atoms with Crippen LogP contribution in [0.15, 0.2) is 11.1 Å². The average Bonchev–Trinajstić information content (AvgIpc) is 2.24. The van der Waals surface area contributed by atoms with Gasteiger partial charge in [-0.25, -0.2) is 9.59 Å². The number of carbonyl (C=O) groups excluding carboxylic acids is 1. The number of carbonyl (C=O) groups is 2. The van der Waals surface area contributed by atoms with Crippen LogP contribution in [0.3, 0.4) is 0 Å². The maximum Gasteiger partial charge on any atom is 0.326 e. The predicted molar refractivity (Wildman–Crippen MR) is 68.0 cm³/mol. The van der Waals surface area contributed by atoms with Crippen LogP contribution in [0.4, 0.5) is 4.79 Å². The Morgan fingerprint density at radius 2 is 2.24 bits per heavy atom. The van der Waals surface area contributed by atoms with E-state index in [1.54, 1.807) is 0 Å². The highest BCUT2D eigenvalue weighted by Gasteiger charge is 2.36. The van der Waals surface area contributed by atoms with E-state index in [0.29, 0.717) is 17.6 Å². The monoisotopic (exact) mass is 304 g/mol. The Labute approximate surface area is 109 Å². The summed E-state index contributed by atoms with van der Waals surface area (Å²) in [7, 11) is 0. The number of amides is 2. The summed E-state index contributed by atoms with van der Waals surface area (Å²) in [6, 6.07) is -1.07. The fourth-order valence-corrected chi connectivity index (χ4v) is 2.21. The van der Waals surface area contributed by atoms with Gasteiger partial charge in [-0.15, -0.1) is 0 Å². The lowest BCUT2D eigenvalue weighted by Crippen LogP contribution is -2.55. The first-order chi connectivity index (χ1) is 7.93. The zero-order valence-corrected chi connectivity index (χ0v) is 11.4. The maximum atomic E-state index is 11.9. The highest BCUT2D eigenvalue weighted by Crippen LogP contribution is 2.23. The van der Waals surface area contributed by atoms with Crippen LogP contribution >= 0.6 is 15.9 Å². The molecule has 0 aromatic carbocycles. The van der Waals surface area contributed by atoms with Crippen LogP contribution < -0.4 is 5.32 Å². The predicted octanol–water partition coefficient (Wildman–Crippen LogP) is 1.79. The van der Waals surface area contributed by atoms with E-state index in [2.05, 4.69) is 27.8 Å². The first-order valence-corrected chi connectivity index (χ1v) is 6.33. The number of nitrogens with zero attached hydrogens (tertiary/aromatic N) is 1. The summed E-state index contributed by atoms with van der Waals surface area (Å²) in [4.78, 5) is 24.4. The molecule has 5 nitrogen and oxygen atoms in total. The van der Waals surface area contributed by atoms with E-state index in [1.165, 1.54) is 4.90 Å². The molecule has 6 heteroatoms. The molecule has 0 radical (unpaired) electrons. The number of hydrogen-bond acceptors (Lipinski definition) is 2. The number of urea groups is 1. The normalized spacial score (nSPS) is 24.2. The lowest BCUT2D eigenvalue weighted by molar-refractivity contribution is -0.145. The van der Waals surface area contributed by atoms with E-state index in [0.717, 1.165) is 12.8 Å². The third-order valence-corrected chi connectivity index (χ3v) is 3.16. The van der Waals surface area contributed by atoms with Gasteiger partial charge in [0.15, 0.2) is 0 Å². The first kappa shape index (κ1) is 14.0. The van der Waals surface area contributed by atoms with Crippen LogP contribution in [0.25, 0.3) is 0 Å². The molecule has 1 saturated heterocycles. The van der Waals surface area contributed by atoms with Gasteiger partial charge in [0.1, 0.15) is 6.04 Å². The molecule has 0 bridgehead atoms. The Morgan fingerprint density at radius 1 is 1.59 bits per heavy atom. The summed E-state index contributed by atoms with van der Waals surface area (Å²) < 4.78 is 0.655. The van der Waals surface area contributed by atoms with Crippen molar-refractivity contribution in [2.24, 2.45) is 5.92 Å². The van der Waals surface area contributed by atoms with Crippen molar-refractivity contribution in [2.75, 3.05) is 13.1 Å². The molecule has 0 aliphatic carbocycles. The van der Waals surface area contributed by atoms with Crippen molar-refractivity contribution in [3.8, 4) is 0 Å². The zero-order valence-electron chi connectivity index (χ0n) is 9.78. The van der Waals surface area contributed by atoms with Gasteiger partial charge in [0, 0.05) is 11.0 Å². The van der Waals surface area contributed by atoms with Gasteiger partial charge in [-0.05, 0) is 18.8 Å². The molecule has 1 rings (SSSR count). The van der Waals surface area contributed by atoms with Crippen molar-refractivity contribution in [3.63, 3.8) is 0 Å². The van der Waals surface area contributed by atoms with Gasteiger partial charge in [0.2, 0.25) is 0 Å². The van der Waals surface area contributed by atoms with E-state index in [4.69, 9.17) is 5.11 Å². The molecule has 1 heterocycles. The van der Waals surface area contributed by atoms with Gasteiger partial charge in [-0.3, -0.25) is 0 Å². The van der Waals surface area contributed by atoms with E-state index in [1.807, 2.05) is 6.92 Å². The highest BCUT2D eigenvalue weighted by molar-refractivity contribution is 9.11. The Morgan fingerprint density at radius 3 is 2.76 bits per heavy atom. The van der Waals surface area contributed by atoms with E-state index in [9.17, 15) is 9.59 Å². The molecule has 0 aromatic heterocycles. The number of carboxylic acid groups (broad SMARTS) is 1. The van der Waals surface area contributed by atoms with Crippen LogP contribution in [0.2, 0.25) is 0 Å². The fourth-order valence-electron chi connectivity index (χ4n) is 2.07. The molecule has 0 saturated carbocycles. The number of halogens is 1. The summed E-state index contributed by atoms with van der Waals surface area (Å²) in [6.45, 7) is 6.26. The van der Waals surface area contributed by atoms with Crippen LogP contribution in [-0.4, -0.2) is 41.1 Å². The Bertz CT molecular complexity index is 333. The van der Waals surface area contributed by atoms with E-state index >= 15 is 0 Å². The van der Waals surface area contributed by atoms with Gasteiger partial charge < -0.3 is 15.3 Å². The van der Waals surface area contributed by atoms with Crippen molar-refractivity contribution in [1.82, 2.24) is 10.2 Å². The molecule has 1 aliphatic heterocycles. The van der Waals surface area contributed by atoms with Crippen molar-refractivity contribution in [3.05, 3.63) is 11.1 Å². The smallest absolute Gasteiger partial charge is 0.326 e. The topological polar surface area (TPSA) is 69.6 Å². The number of nitrogens with one attached hydrogen (secondary N) is 1. The molecule has 2 unspecified atom stereocenters. The minimum atomic E-state index is -0.940. The van der Waals surface area contributed by atoms with Gasteiger partial charge in [-0.2, -0.15) is 0 Å². The summed E-state index contributed by atoms with van der Waals surface area (Å²) >= 11 is 3.14.